The molecule has 2 saturated carbocycles. The first-order valence-electron chi connectivity index (χ1n) is 5.13. The molecule has 0 aromatic heterocycles. The molecule has 0 amide bonds. The van der Waals surface area contributed by atoms with E-state index >= 15 is 0 Å². The first kappa shape index (κ1) is 13.6. The Bertz CT molecular complexity index is 424. The quantitative estimate of drug-likeness (QED) is 0.682. The van der Waals surface area contributed by atoms with E-state index in [-0.39, 0.29) is 22.6 Å². The molecule has 0 aromatic carbocycles. The zero-order chi connectivity index (χ0) is 11.6. The lowest BCUT2D eigenvalue weighted by molar-refractivity contribution is -0.128. The van der Waals surface area contributed by atoms with Gasteiger partial charge in [0.05, 0.1) is 0 Å². The van der Waals surface area contributed by atoms with Gasteiger partial charge < -0.3 is 5.48 Å². The molecule has 0 saturated heterocycles. The van der Waals surface area contributed by atoms with E-state index in [1.165, 1.54) is 0 Å². The summed E-state index contributed by atoms with van der Waals surface area (Å²) in [5.41, 5.74) is -0.914. The lowest BCUT2D eigenvalue weighted by Gasteiger charge is -2.32. The van der Waals surface area contributed by atoms with Gasteiger partial charge in [0.1, 0.15) is 5.25 Å². The van der Waals surface area contributed by atoms with Crippen LogP contribution in [0.4, 0.5) is 0 Å². The predicted octanol–water partition coefficient (Wildman–Crippen LogP) is 0.443. The first-order valence-corrected chi connectivity index (χ1v) is 6.63. The molecule has 2 aliphatic rings. The van der Waals surface area contributed by atoms with E-state index in [4.69, 9.17) is 4.55 Å². The van der Waals surface area contributed by atoms with Gasteiger partial charge in [-0.25, -0.2) is 0 Å². The highest BCUT2D eigenvalue weighted by Gasteiger charge is 2.69. The summed E-state index contributed by atoms with van der Waals surface area (Å²) in [4.78, 5) is 12.0. The predicted molar refractivity (Wildman–Crippen MR) is 58.6 cm³/mol. The van der Waals surface area contributed by atoms with Crippen LogP contribution < -0.4 is 0 Å². The summed E-state index contributed by atoms with van der Waals surface area (Å²) in [5, 5.41) is -1.19. The van der Waals surface area contributed by atoms with Crippen LogP contribution in [0.25, 0.3) is 0 Å². The van der Waals surface area contributed by atoms with Crippen molar-refractivity contribution in [3.05, 3.63) is 0 Å². The molecule has 0 aliphatic heterocycles. The third kappa shape index (κ3) is 1.30. The van der Waals surface area contributed by atoms with Gasteiger partial charge in [-0.15, -0.1) is 0 Å². The summed E-state index contributed by atoms with van der Waals surface area (Å²) in [5.74, 6) is -0.531. The fraction of sp³-hybridized carbons (Fsp3) is 0.900. The lowest BCUT2D eigenvalue weighted by atomic mass is 9.70. The molecule has 2 fully saturated rings. The molecule has 0 heterocycles. The molecule has 5 nitrogen and oxygen atoms in total. The van der Waals surface area contributed by atoms with Gasteiger partial charge in [0.2, 0.25) is 0 Å². The van der Waals surface area contributed by atoms with Crippen LogP contribution >= 0.6 is 0 Å². The summed E-state index contributed by atoms with van der Waals surface area (Å²) < 4.78 is 31.5. The molecule has 94 valence electrons. The molecule has 0 radical (unpaired) electrons. The van der Waals surface area contributed by atoms with E-state index in [1.54, 1.807) is 0 Å². The monoisotopic (exact) mass is 250 g/mol. The van der Waals surface area contributed by atoms with Gasteiger partial charge in [0, 0.05) is 5.41 Å². The van der Waals surface area contributed by atoms with Crippen molar-refractivity contribution in [3.63, 3.8) is 0 Å². The van der Waals surface area contributed by atoms with E-state index in [0.717, 1.165) is 6.42 Å². The average Bonchev–Trinajstić information content (AvgIpc) is 2.33. The number of ketones is 1. The highest BCUT2D eigenvalue weighted by Crippen LogP contribution is 2.64. The molecule has 3 N–H and O–H groups in total. The minimum atomic E-state index is -4.24. The van der Waals surface area contributed by atoms with Gasteiger partial charge in [-0.2, -0.15) is 8.42 Å². The van der Waals surface area contributed by atoms with Crippen LogP contribution in [0.15, 0.2) is 0 Å². The Morgan fingerprint density at radius 3 is 2.06 bits per heavy atom. The molecular formula is C10H18O5S. The average molecular weight is 250 g/mol. The molecule has 6 heteroatoms. The summed E-state index contributed by atoms with van der Waals surface area (Å²) >= 11 is 0. The molecule has 2 aliphatic carbocycles. The maximum Gasteiger partial charge on any atom is 0.275 e. The van der Waals surface area contributed by atoms with Crippen LogP contribution in [-0.2, 0) is 14.9 Å². The van der Waals surface area contributed by atoms with Crippen LogP contribution in [0.1, 0.15) is 33.6 Å². The number of hydrogen-bond donors (Lipinski definition) is 1. The molecule has 16 heavy (non-hydrogen) atoms. The largest absolute Gasteiger partial charge is 0.412 e. The third-order valence-electron chi connectivity index (χ3n) is 4.79. The van der Waals surface area contributed by atoms with E-state index in [1.807, 2.05) is 20.8 Å². The Labute approximate surface area is 95.3 Å². The molecule has 0 unspecified atom stereocenters. The smallest absolute Gasteiger partial charge is 0.275 e. The van der Waals surface area contributed by atoms with Crippen molar-refractivity contribution in [3.8, 4) is 0 Å². The van der Waals surface area contributed by atoms with Crippen molar-refractivity contribution in [1.82, 2.24) is 0 Å². The van der Waals surface area contributed by atoms with E-state index in [9.17, 15) is 13.2 Å². The molecule has 0 aromatic rings. The second-order valence-corrected chi connectivity index (χ2v) is 7.04. The highest BCUT2D eigenvalue weighted by atomic mass is 32.2. The zero-order valence-corrected chi connectivity index (χ0v) is 10.5. The number of fused-ring (bicyclic) bond motifs is 2. The molecule has 3 atom stereocenters. The van der Waals surface area contributed by atoms with Crippen LogP contribution in [0.3, 0.4) is 0 Å². The number of hydrogen-bond acceptors (Lipinski definition) is 3. The Morgan fingerprint density at radius 1 is 1.31 bits per heavy atom. The summed E-state index contributed by atoms with van der Waals surface area (Å²) in [6.07, 6.45) is 1.44. The van der Waals surface area contributed by atoms with Crippen molar-refractivity contribution in [2.75, 3.05) is 0 Å². The number of Topliss-reactive ketones (excluding diaryl/α,β-unsaturated/α-hetero) is 1. The Balaban J connectivity index is 0.00000128. The second-order valence-electron chi connectivity index (χ2n) is 5.50. The Kier molecular flexibility index (Phi) is 2.78. The fourth-order valence-corrected chi connectivity index (χ4v) is 4.77. The molecule has 0 spiro atoms. The summed E-state index contributed by atoms with van der Waals surface area (Å²) in [7, 11) is -4.24. The van der Waals surface area contributed by atoms with E-state index in [0.29, 0.717) is 6.42 Å². The molecule has 2 rings (SSSR count). The summed E-state index contributed by atoms with van der Waals surface area (Å²) in [6.45, 7) is 5.67. The standard InChI is InChI=1S/C10H16O4S.H2O/c1-9(2)6-4-5-10(9,3)8(11)7(6)15(12,13)14;/h6-7H,4-5H2,1-3H3,(H,12,13,14);1H2/t6-,7+,10-;/m1./s1. The maximum absolute atomic E-state index is 12.0. The minimum absolute atomic E-state index is 0. The van der Waals surface area contributed by atoms with Crippen LogP contribution in [0.2, 0.25) is 0 Å². The van der Waals surface area contributed by atoms with Gasteiger partial charge in [-0.05, 0) is 24.2 Å². The molecule has 2 bridgehead atoms. The SMILES string of the molecule is CC1(C)[C@@H]2CC[C@]1(C)C(=O)[C@H]2S(=O)(=O)O.O. The van der Waals surface area contributed by atoms with Crippen LogP contribution in [-0.4, -0.2) is 29.5 Å². The van der Waals surface area contributed by atoms with Gasteiger partial charge in [0.15, 0.2) is 5.78 Å². The lowest BCUT2D eigenvalue weighted by Crippen LogP contribution is -2.38. The van der Waals surface area contributed by atoms with Gasteiger partial charge in [-0.1, -0.05) is 20.8 Å². The van der Waals surface area contributed by atoms with Crippen LogP contribution in [0.5, 0.6) is 0 Å². The van der Waals surface area contributed by atoms with Crippen LogP contribution in [0, 0.1) is 16.7 Å². The normalized spacial score (nSPS) is 40.9. The first-order chi connectivity index (χ1) is 6.62. The topological polar surface area (TPSA) is 103 Å². The van der Waals surface area contributed by atoms with E-state index in [2.05, 4.69) is 0 Å². The molecular weight excluding hydrogens is 232 g/mol. The van der Waals surface area contributed by atoms with E-state index < -0.39 is 20.8 Å². The highest BCUT2D eigenvalue weighted by molar-refractivity contribution is 7.87. The van der Waals surface area contributed by atoms with Gasteiger partial charge in [0.25, 0.3) is 10.1 Å². The third-order valence-corrected chi connectivity index (χ3v) is 5.98. The Morgan fingerprint density at radius 2 is 1.81 bits per heavy atom. The Hall–Kier alpha value is -0.460. The number of carbonyl (C=O) groups excluding carboxylic acids is 1. The fourth-order valence-electron chi connectivity index (χ4n) is 3.35. The maximum atomic E-state index is 12.0. The van der Waals surface area contributed by atoms with Crippen molar-refractivity contribution in [2.45, 2.75) is 38.9 Å². The van der Waals surface area contributed by atoms with Crippen molar-refractivity contribution < 1.29 is 23.2 Å². The van der Waals surface area contributed by atoms with Gasteiger partial charge in [-0.3, -0.25) is 9.35 Å². The number of carbonyl (C=O) groups is 1. The summed E-state index contributed by atoms with van der Waals surface area (Å²) in [6, 6.07) is 0. The zero-order valence-electron chi connectivity index (χ0n) is 9.65. The van der Waals surface area contributed by atoms with Crippen molar-refractivity contribution in [1.29, 1.82) is 0 Å². The van der Waals surface area contributed by atoms with Crippen molar-refractivity contribution >= 4 is 15.9 Å². The van der Waals surface area contributed by atoms with Gasteiger partial charge >= 0.3 is 0 Å². The second kappa shape index (κ2) is 3.27. The minimum Gasteiger partial charge on any atom is -0.412 e. The number of rotatable bonds is 1. The van der Waals surface area contributed by atoms with Crippen molar-refractivity contribution in [2.24, 2.45) is 16.7 Å².